The highest BCUT2D eigenvalue weighted by atomic mass is 16.4. The average molecular weight is 228 g/mol. The third-order valence-electron chi connectivity index (χ3n) is 3.19. The number of carbonyl (C=O) groups is 3. The molecule has 0 aliphatic rings. The van der Waals surface area contributed by atoms with Gasteiger partial charge in [0.05, 0.1) is 6.42 Å². The van der Waals surface area contributed by atoms with Crippen LogP contribution in [-0.4, -0.2) is 22.6 Å². The topological polar surface area (TPSA) is 71.4 Å². The molecule has 0 aromatic carbocycles. The highest BCUT2D eigenvalue weighted by Crippen LogP contribution is 2.26. The van der Waals surface area contributed by atoms with E-state index in [-0.39, 0.29) is 12.2 Å². The standard InChI is InChI=1S/C12H20O4/c1-6-11(2,3)8(13)7-9(14)12(4,5)10(15)16/h6-7H2,1-5H3,(H,15,16). The summed E-state index contributed by atoms with van der Waals surface area (Å²) in [4.78, 5) is 34.3. The first-order chi connectivity index (χ1) is 7.05. The summed E-state index contributed by atoms with van der Waals surface area (Å²) in [6, 6.07) is 0. The van der Waals surface area contributed by atoms with E-state index >= 15 is 0 Å². The van der Waals surface area contributed by atoms with Crippen LogP contribution in [0.2, 0.25) is 0 Å². The zero-order chi connectivity index (χ0) is 13.1. The van der Waals surface area contributed by atoms with Gasteiger partial charge in [0.2, 0.25) is 0 Å². The molecule has 0 aliphatic heterocycles. The molecule has 16 heavy (non-hydrogen) atoms. The second-order valence-corrected chi connectivity index (χ2v) is 5.19. The van der Waals surface area contributed by atoms with Crippen LogP contribution in [0.25, 0.3) is 0 Å². The van der Waals surface area contributed by atoms with E-state index in [2.05, 4.69) is 0 Å². The number of carboxylic acids is 1. The summed E-state index contributed by atoms with van der Waals surface area (Å²) < 4.78 is 0. The van der Waals surface area contributed by atoms with E-state index in [1.54, 1.807) is 13.8 Å². The van der Waals surface area contributed by atoms with Crippen LogP contribution in [0.5, 0.6) is 0 Å². The van der Waals surface area contributed by atoms with Gasteiger partial charge in [-0.25, -0.2) is 0 Å². The molecule has 0 radical (unpaired) electrons. The van der Waals surface area contributed by atoms with E-state index in [1.807, 2.05) is 6.92 Å². The summed E-state index contributed by atoms with van der Waals surface area (Å²) in [5.41, 5.74) is -2.05. The Bertz CT molecular complexity index is 313. The van der Waals surface area contributed by atoms with Gasteiger partial charge in [-0.2, -0.15) is 0 Å². The van der Waals surface area contributed by atoms with Crippen molar-refractivity contribution in [3.63, 3.8) is 0 Å². The molecular weight excluding hydrogens is 208 g/mol. The van der Waals surface area contributed by atoms with Crippen LogP contribution in [-0.2, 0) is 14.4 Å². The van der Waals surface area contributed by atoms with Crippen molar-refractivity contribution in [3.8, 4) is 0 Å². The first-order valence-electron chi connectivity index (χ1n) is 5.35. The Morgan fingerprint density at radius 2 is 1.44 bits per heavy atom. The number of Topliss-reactive ketones (excluding diaryl/α,β-unsaturated/α-hetero) is 2. The van der Waals surface area contributed by atoms with Gasteiger partial charge in [-0.05, 0) is 20.3 Å². The van der Waals surface area contributed by atoms with E-state index in [9.17, 15) is 14.4 Å². The molecule has 0 atom stereocenters. The van der Waals surface area contributed by atoms with Gasteiger partial charge in [-0.15, -0.1) is 0 Å². The molecule has 0 heterocycles. The molecule has 0 spiro atoms. The van der Waals surface area contributed by atoms with Crippen LogP contribution in [0.3, 0.4) is 0 Å². The van der Waals surface area contributed by atoms with Crippen molar-refractivity contribution in [1.82, 2.24) is 0 Å². The Labute approximate surface area is 96.0 Å². The highest BCUT2D eigenvalue weighted by Gasteiger charge is 2.38. The van der Waals surface area contributed by atoms with Crippen molar-refractivity contribution >= 4 is 17.5 Å². The number of hydrogen-bond donors (Lipinski definition) is 1. The van der Waals surface area contributed by atoms with Gasteiger partial charge in [0.25, 0.3) is 0 Å². The molecule has 0 saturated carbocycles. The molecule has 4 heteroatoms. The summed E-state index contributed by atoms with van der Waals surface area (Å²) in [7, 11) is 0. The number of rotatable bonds is 6. The third-order valence-corrected chi connectivity index (χ3v) is 3.19. The molecule has 0 unspecified atom stereocenters. The molecule has 0 amide bonds. The monoisotopic (exact) mass is 228 g/mol. The Kier molecular flexibility index (Phi) is 4.41. The van der Waals surface area contributed by atoms with Crippen LogP contribution < -0.4 is 0 Å². The number of carboxylic acid groups (broad SMARTS) is 1. The quantitative estimate of drug-likeness (QED) is 0.706. The molecule has 0 saturated heterocycles. The van der Waals surface area contributed by atoms with Gasteiger partial charge < -0.3 is 5.11 Å². The van der Waals surface area contributed by atoms with Gasteiger partial charge in [0.15, 0.2) is 5.78 Å². The molecule has 92 valence electrons. The predicted molar refractivity (Wildman–Crippen MR) is 60.1 cm³/mol. The minimum Gasteiger partial charge on any atom is -0.481 e. The lowest BCUT2D eigenvalue weighted by molar-refractivity contribution is -0.153. The Balaban J connectivity index is 4.72. The number of aliphatic carboxylic acids is 1. The first kappa shape index (κ1) is 14.8. The van der Waals surface area contributed by atoms with Crippen molar-refractivity contribution in [2.45, 2.75) is 47.5 Å². The van der Waals surface area contributed by atoms with E-state index < -0.39 is 22.6 Å². The van der Waals surface area contributed by atoms with Crippen molar-refractivity contribution in [2.24, 2.45) is 10.8 Å². The van der Waals surface area contributed by atoms with Crippen molar-refractivity contribution in [3.05, 3.63) is 0 Å². The molecule has 0 bridgehead atoms. The van der Waals surface area contributed by atoms with Gasteiger partial charge >= 0.3 is 5.97 Å². The second-order valence-electron chi connectivity index (χ2n) is 5.19. The Hall–Kier alpha value is -1.19. The van der Waals surface area contributed by atoms with Crippen LogP contribution in [0.1, 0.15) is 47.5 Å². The summed E-state index contributed by atoms with van der Waals surface area (Å²) in [6.07, 6.45) is 0.326. The maximum Gasteiger partial charge on any atom is 0.316 e. The van der Waals surface area contributed by atoms with Crippen LogP contribution in [0.4, 0.5) is 0 Å². The Morgan fingerprint density at radius 3 is 1.75 bits per heavy atom. The van der Waals surface area contributed by atoms with Gasteiger partial charge in [0.1, 0.15) is 11.2 Å². The molecule has 0 aromatic heterocycles. The maximum absolute atomic E-state index is 11.8. The molecule has 1 N–H and O–H groups in total. The molecule has 0 fully saturated rings. The average Bonchev–Trinajstić information content (AvgIpc) is 2.17. The van der Waals surface area contributed by atoms with Crippen LogP contribution in [0, 0.1) is 10.8 Å². The zero-order valence-electron chi connectivity index (χ0n) is 10.6. The lowest BCUT2D eigenvalue weighted by Gasteiger charge is -2.23. The summed E-state index contributed by atoms with van der Waals surface area (Å²) in [5, 5.41) is 8.85. The maximum atomic E-state index is 11.8. The van der Waals surface area contributed by atoms with Gasteiger partial charge in [-0.3, -0.25) is 14.4 Å². The van der Waals surface area contributed by atoms with Gasteiger partial charge in [0, 0.05) is 5.41 Å². The summed E-state index contributed by atoms with van der Waals surface area (Å²) >= 11 is 0. The fraction of sp³-hybridized carbons (Fsp3) is 0.750. The smallest absolute Gasteiger partial charge is 0.316 e. The third kappa shape index (κ3) is 3.15. The molecule has 4 nitrogen and oxygen atoms in total. The number of hydrogen-bond acceptors (Lipinski definition) is 3. The number of ketones is 2. The van der Waals surface area contributed by atoms with E-state index in [1.165, 1.54) is 13.8 Å². The van der Waals surface area contributed by atoms with Crippen LogP contribution in [0.15, 0.2) is 0 Å². The minimum absolute atomic E-state index is 0.200. The predicted octanol–water partition coefficient (Wildman–Crippen LogP) is 2.06. The fourth-order valence-electron chi connectivity index (χ4n) is 0.923. The molecule has 0 rings (SSSR count). The molecule has 0 aliphatic carbocycles. The minimum atomic E-state index is -1.49. The summed E-state index contributed by atoms with van der Waals surface area (Å²) in [5.74, 6) is -1.93. The fourth-order valence-corrected chi connectivity index (χ4v) is 0.923. The van der Waals surface area contributed by atoms with E-state index in [0.717, 1.165) is 0 Å². The normalized spacial score (nSPS) is 12.3. The highest BCUT2D eigenvalue weighted by molar-refractivity contribution is 6.11. The lowest BCUT2D eigenvalue weighted by atomic mass is 9.78. The molecule has 0 aromatic rings. The van der Waals surface area contributed by atoms with Crippen molar-refractivity contribution in [2.75, 3.05) is 0 Å². The summed E-state index contributed by atoms with van der Waals surface area (Å²) in [6.45, 7) is 8.03. The first-order valence-corrected chi connectivity index (χ1v) is 5.35. The van der Waals surface area contributed by atoms with Crippen molar-refractivity contribution < 1.29 is 19.5 Å². The molecular formula is C12H20O4. The van der Waals surface area contributed by atoms with Crippen LogP contribution >= 0.6 is 0 Å². The van der Waals surface area contributed by atoms with Gasteiger partial charge in [-0.1, -0.05) is 20.8 Å². The van der Waals surface area contributed by atoms with E-state index in [4.69, 9.17) is 5.11 Å². The second kappa shape index (κ2) is 4.76. The number of carbonyl (C=O) groups excluding carboxylic acids is 2. The zero-order valence-corrected chi connectivity index (χ0v) is 10.6. The lowest BCUT2D eigenvalue weighted by Crippen LogP contribution is -2.37. The van der Waals surface area contributed by atoms with E-state index in [0.29, 0.717) is 6.42 Å². The largest absolute Gasteiger partial charge is 0.481 e. The van der Waals surface area contributed by atoms with Crippen molar-refractivity contribution in [1.29, 1.82) is 0 Å². The SMILES string of the molecule is CCC(C)(C)C(=O)CC(=O)C(C)(C)C(=O)O. The Morgan fingerprint density at radius 1 is 1.00 bits per heavy atom.